The van der Waals surface area contributed by atoms with Crippen molar-refractivity contribution in [3.05, 3.63) is 0 Å². The monoisotopic (exact) mass is 199 g/mol. The van der Waals surface area contributed by atoms with Crippen molar-refractivity contribution in [1.82, 2.24) is 5.32 Å². The molecular formula is C12H25NO. The van der Waals surface area contributed by atoms with Crippen LogP contribution in [0, 0.1) is 5.92 Å². The van der Waals surface area contributed by atoms with Gasteiger partial charge in [0.1, 0.15) is 0 Å². The molecule has 0 aromatic carbocycles. The highest BCUT2D eigenvalue weighted by molar-refractivity contribution is 4.78. The van der Waals surface area contributed by atoms with Crippen LogP contribution in [0.5, 0.6) is 0 Å². The van der Waals surface area contributed by atoms with Crippen molar-refractivity contribution < 1.29 is 4.74 Å². The van der Waals surface area contributed by atoms with Crippen molar-refractivity contribution in [1.29, 1.82) is 0 Å². The first-order chi connectivity index (χ1) is 6.74. The summed E-state index contributed by atoms with van der Waals surface area (Å²) in [5.41, 5.74) is 0. The second-order valence-corrected chi connectivity index (χ2v) is 4.68. The van der Waals surface area contributed by atoms with Crippen LogP contribution in [0.2, 0.25) is 0 Å². The Hall–Kier alpha value is -0.0800. The maximum Gasteiger partial charge on any atom is 0.0612 e. The van der Waals surface area contributed by atoms with Gasteiger partial charge in [-0.1, -0.05) is 27.2 Å². The maximum absolute atomic E-state index is 5.74. The fourth-order valence-electron chi connectivity index (χ4n) is 1.96. The molecule has 2 unspecified atom stereocenters. The summed E-state index contributed by atoms with van der Waals surface area (Å²) in [7, 11) is 0. The van der Waals surface area contributed by atoms with Crippen molar-refractivity contribution in [3.63, 3.8) is 0 Å². The highest BCUT2D eigenvalue weighted by Gasteiger charge is 2.23. The molecule has 0 aliphatic carbocycles. The number of ether oxygens (including phenoxy) is 1. The lowest BCUT2D eigenvalue weighted by Gasteiger charge is -2.32. The zero-order valence-electron chi connectivity index (χ0n) is 9.88. The molecule has 0 aromatic heterocycles. The molecule has 14 heavy (non-hydrogen) atoms. The lowest BCUT2D eigenvalue weighted by atomic mass is 9.95. The van der Waals surface area contributed by atoms with E-state index in [1.54, 1.807) is 0 Å². The van der Waals surface area contributed by atoms with Gasteiger partial charge in [0, 0.05) is 12.6 Å². The van der Waals surface area contributed by atoms with E-state index in [0.717, 1.165) is 6.61 Å². The normalized spacial score (nSPS) is 28.3. The Balaban J connectivity index is 2.19. The van der Waals surface area contributed by atoms with Crippen molar-refractivity contribution >= 4 is 0 Å². The van der Waals surface area contributed by atoms with Gasteiger partial charge in [0.05, 0.1) is 6.10 Å². The summed E-state index contributed by atoms with van der Waals surface area (Å²) < 4.78 is 5.74. The molecule has 0 saturated carbocycles. The van der Waals surface area contributed by atoms with Crippen molar-refractivity contribution in [2.24, 2.45) is 5.92 Å². The number of rotatable bonds is 5. The molecule has 2 nitrogen and oxygen atoms in total. The van der Waals surface area contributed by atoms with Gasteiger partial charge in [-0.05, 0) is 31.7 Å². The second-order valence-electron chi connectivity index (χ2n) is 4.68. The van der Waals surface area contributed by atoms with E-state index in [-0.39, 0.29) is 0 Å². The van der Waals surface area contributed by atoms with Gasteiger partial charge in [-0.25, -0.2) is 0 Å². The summed E-state index contributed by atoms with van der Waals surface area (Å²) in [6.45, 7) is 8.85. The summed E-state index contributed by atoms with van der Waals surface area (Å²) in [6.07, 6.45) is 5.44. The topological polar surface area (TPSA) is 21.3 Å². The Kier molecular flexibility index (Phi) is 5.49. The van der Waals surface area contributed by atoms with Gasteiger partial charge in [0.15, 0.2) is 0 Å². The van der Waals surface area contributed by atoms with Crippen molar-refractivity contribution in [2.45, 2.75) is 58.6 Å². The first kappa shape index (κ1) is 12.0. The molecule has 0 amide bonds. The van der Waals surface area contributed by atoms with E-state index in [2.05, 4.69) is 26.1 Å². The minimum Gasteiger partial charge on any atom is -0.378 e. The van der Waals surface area contributed by atoms with E-state index in [0.29, 0.717) is 18.1 Å². The number of hydrogen-bond donors (Lipinski definition) is 1. The minimum absolute atomic E-state index is 0.475. The highest BCUT2D eigenvalue weighted by Crippen LogP contribution is 2.19. The Morgan fingerprint density at radius 3 is 2.86 bits per heavy atom. The van der Waals surface area contributed by atoms with Gasteiger partial charge < -0.3 is 10.1 Å². The maximum atomic E-state index is 5.74. The Bertz CT molecular complexity index is 147. The molecule has 1 N–H and O–H groups in total. The predicted octanol–water partition coefficient (Wildman–Crippen LogP) is 2.58. The number of hydrogen-bond acceptors (Lipinski definition) is 2. The largest absolute Gasteiger partial charge is 0.378 e. The minimum atomic E-state index is 0.475. The first-order valence-corrected chi connectivity index (χ1v) is 6.09. The lowest BCUT2D eigenvalue weighted by molar-refractivity contribution is -0.0242. The van der Waals surface area contributed by atoms with E-state index in [9.17, 15) is 0 Å². The van der Waals surface area contributed by atoms with Crippen LogP contribution in [0.15, 0.2) is 0 Å². The third-order valence-corrected chi connectivity index (χ3v) is 3.02. The van der Waals surface area contributed by atoms with Crippen LogP contribution in [0.25, 0.3) is 0 Å². The molecule has 0 aromatic rings. The zero-order valence-corrected chi connectivity index (χ0v) is 9.88. The van der Waals surface area contributed by atoms with Crippen LogP contribution < -0.4 is 5.32 Å². The standard InChI is InChI=1S/C12H25NO/c1-4-5-7-13-11-6-8-14-12(9-11)10(2)3/h10-13H,4-9H2,1-3H3. The van der Waals surface area contributed by atoms with Crippen LogP contribution in [-0.2, 0) is 4.74 Å². The van der Waals surface area contributed by atoms with Crippen LogP contribution in [0.3, 0.4) is 0 Å². The molecule has 2 heteroatoms. The molecule has 0 bridgehead atoms. The first-order valence-electron chi connectivity index (χ1n) is 6.09. The fraction of sp³-hybridized carbons (Fsp3) is 1.00. The van der Waals surface area contributed by atoms with Gasteiger partial charge in [-0.3, -0.25) is 0 Å². The Labute approximate surface area is 88.4 Å². The van der Waals surface area contributed by atoms with Gasteiger partial charge in [-0.2, -0.15) is 0 Å². The van der Waals surface area contributed by atoms with Crippen LogP contribution in [0.1, 0.15) is 46.5 Å². The molecule has 0 radical (unpaired) electrons. The smallest absolute Gasteiger partial charge is 0.0612 e. The predicted molar refractivity (Wildman–Crippen MR) is 60.5 cm³/mol. The van der Waals surface area contributed by atoms with Gasteiger partial charge >= 0.3 is 0 Å². The van der Waals surface area contributed by atoms with Gasteiger partial charge in [0.25, 0.3) is 0 Å². The molecule has 84 valence electrons. The third kappa shape index (κ3) is 3.97. The fourth-order valence-corrected chi connectivity index (χ4v) is 1.96. The number of unbranched alkanes of at least 4 members (excludes halogenated alkanes) is 1. The van der Waals surface area contributed by atoms with Crippen LogP contribution in [0.4, 0.5) is 0 Å². The van der Waals surface area contributed by atoms with Gasteiger partial charge in [0.2, 0.25) is 0 Å². The average molecular weight is 199 g/mol. The SMILES string of the molecule is CCCCNC1CCOC(C(C)C)C1. The second kappa shape index (κ2) is 6.41. The summed E-state index contributed by atoms with van der Waals surface area (Å²) in [4.78, 5) is 0. The van der Waals surface area contributed by atoms with E-state index < -0.39 is 0 Å². The van der Waals surface area contributed by atoms with E-state index in [1.807, 2.05) is 0 Å². The third-order valence-electron chi connectivity index (χ3n) is 3.02. The quantitative estimate of drug-likeness (QED) is 0.687. The van der Waals surface area contributed by atoms with Crippen LogP contribution >= 0.6 is 0 Å². The molecule has 1 heterocycles. The lowest BCUT2D eigenvalue weighted by Crippen LogP contribution is -2.41. The summed E-state index contributed by atoms with van der Waals surface area (Å²) in [5, 5.41) is 3.63. The van der Waals surface area contributed by atoms with E-state index in [4.69, 9.17) is 4.74 Å². The van der Waals surface area contributed by atoms with E-state index >= 15 is 0 Å². The summed E-state index contributed by atoms with van der Waals surface area (Å²) >= 11 is 0. The van der Waals surface area contributed by atoms with Crippen molar-refractivity contribution in [2.75, 3.05) is 13.2 Å². The highest BCUT2D eigenvalue weighted by atomic mass is 16.5. The Morgan fingerprint density at radius 2 is 2.21 bits per heavy atom. The molecule has 1 rings (SSSR count). The van der Waals surface area contributed by atoms with Crippen molar-refractivity contribution in [3.8, 4) is 0 Å². The molecule has 0 spiro atoms. The summed E-state index contributed by atoms with van der Waals surface area (Å²) in [5.74, 6) is 0.658. The molecule has 2 atom stereocenters. The Morgan fingerprint density at radius 1 is 1.43 bits per heavy atom. The van der Waals surface area contributed by atoms with Gasteiger partial charge in [-0.15, -0.1) is 0 Å². The zero-order chi connectivity index (χ0) is 10.4. The molecule has 1 fully saturated rings. The van der Waals surface area contributed by atoms with E-state index in [1.165, 1.54) is 32.2 Å². The molecule has 1 saturated heterocycles. The number of nitrogens with one attached hydrogen (secondary N) is 1. The molecule has 1 aliphatic heterocycles. The molecular weight excluding hydrogens is 174 g/mol. The summed E-state index contributed by atoms with van der Waals surface area (Å²) in [6, 6.07) is 0.697. The van der Waals surface area contributed by atoms with Crippen LogP contribution in [-0.4, -0.2) is 25.3 Å². The average Bonchev–Trinajstić information content (AvgIpc) is 2.19. The molecule has 1 aliphatic rings.